The monoisotopic (exact) mass is 300 g/mol. The highest BCUT2D eigenvalue weighted by Crippen LogP contribution is 2.25. The van der Waals surface area contributed by atoms with E-state index >= 15 is 0 Å². The summed E-state index contributed by atoms with van der Waals surface area (Å²) < 4.78 is 0. The summed E-state index contributed by atoms with van der Waals surface area (Å²) in [4.78, 5) is 15.8. The lowest BCUT2D eigenvalue weighted by Crippen LogP contribution is -2.48. The number of thiophene rings is 1. The number of hydrogen-bond acceptors (Lipinski definition) is 3. The molecule has 1 amide bonds. The second-order valence-corrected chi connectivity index (χ2v) is 6.53. The normalized spacial score (nSPS) is 18.9. The number of nitrogens with one attached hydrogen (secondary N) is 1. The number of carbonyl (C=O) groups is 1. The lowest BCUT2D eigenvalue weighted by atomic mass is 9.95. The van der Waals surface area contributed by atoms with E-state index in [1.807, 2.05) is 30.1 Å². The molecule has 1 aromatic heterocycles. The van der Waals surface area contributed by atoms with E-state index in [1.54, 1.807) is 11.3 Å². The summed E-state index contributed by atoms with van der Waals surface area (Å²) in [7, 11) is 1.90. The molecule has 1 aromatic carbocycles. The second kappa shape index (κ2) is 6.00. The number of hydrogen-bond donors (Lipinski definition) is 1. The van der Waals surface area contributed by atoms with Crippen LogP contribution in [0.2, 0.25) is 0 Å². The fraction of sp³-hybridized carbons (Fsp3) is 0.353. The molecule has 0 bridgehead atoms. The van der Waals surface area contributed by atoms with E-state index in [2.05, 4.69) is 35.8 Å². The van der Waals surface area contributed by atoms with Gasteiger partial charge in [0, 0.05) is 18.5 Å². The first-order valence-electron chi connectivity index (χ1n) is 7.27. The minimum Gasteiger partial charge on any atom is -0.337 e. The van der Waals surface area contributed by atoms with Gasteiger partial charge in [0.1, 0.15) is 0 Å². The summed E-state index contributed by atoms with van der Waals surface area (Å²) >= 11 is 1.70. The molecular formula is C17H20N2OS. The van der Waals surface area contributed by atoms with Crippen LogP contribution in [-0.4, -0.2) is 23.9 Å². The first-order chi connectivity index (χ1) is 10.2. The number of carbonyl (C=O) groups excluding carboxylic acids is 1. The van der Waals surface area contributed by atoms with Crippen LogP contribution in [0.5, 0.6) is 0 Å². The van der Waals surface area contributed by atoms with Crippen molar-refractivity contribution in [3.05, 3.63) is 57.8 Å². The minimum atomic E-state index is -0.118. The van der Waals surface area contributed by atoms with Crippen molar-refractivity contribution in [2.45, 2.75) is 32.0 Å². The Morgan fingerprint density at radius 3 is 2.76 bits per heavy atom. The number of nitrogens with zero attached hydrogens (tertiary/aromatic N) is 1. The highest BCUT2D eigenvalue weighted by molar-refractivity contribution is 7.10. The summed E-state index contributed by atoms with van der Waals surface area (Å²) in [5.41, 5.74) is 2.59. The van der Waals surface area contributed by atoms with Gasteiger partial charge in [-0.15, -0.1) is 11.3 Å². The van der Waals surface area contributed by atoms with Crippen LogP contribution in [0.1, 0.15) is 29.0 Å². The fourth-order valence-electron chi connectivity index (χ4n) is 2.79. The molecule has 2 atom stereocenters. The van der Waals surface area contributed by atoms with Crippen LogP contribution in [0, 0.1) is 0 Å². The van der Waals surface area contributed by atoms with E-state index in [-0.39, 0.29) is 18.0 Å². The van der Waals surface area contributed by atoms with Gasteiger partial charge < -0.3 is 10.2 Å². The molecule has 0 radical (unpaired) electrons. The highest BCUT2D eigenvalue weighted by Gasteiger charge is 2.28. The number of likely N-dealkylation sites (N-methyl/N-ethyl adjacent to an activating group) is 1. The van der Waals surface area contributed by atoms with E-state index in [4.69, 9.17) is 0 Å². The molecule has 3 nitrogen and oxygen atoms in total. The molecule has 1 N–H and O–H groups in total. The predicted octanol–water partition coefficient (Wildman–Crippen LogP) is 2.98. The maximum atomic E-state index is 12.7. The van der Waals surface area contributed by atoms with E-state index in [1.165, 1.54) is 16.0 Å². The summed E-state index contributed by atoms with van der Waals surface area (Å²) in [6.45, 7) is 2.86. The Kier molecular flexibility index (Phi) is 4.08. The number of amides is 1. The van der Waals surface area contributed by atoms with E-state index in [0.29, 0.717) is 0 Å². The van der Waals surface area contributed by atoms with Crippen LogP contribution in [0.3, 0.4) is 0 Å². The second-order valence-electron chi connectivity index (χ2n) is 5.55. The van der Waals surface area contributed by atoms with Crippen LogP contribution < -0.4 is 5.32 Å². The van der Waals surface area contributed by atoms with Crippen LogP contribution in [0.25, 0.3) is 0 Å². The Balaban J connectivity index is 1.71. The van der Waals surface area contributed by atoms with Crippen molar-refractivity contribution >= 4 is 17.2 Å². The van der Waals surface area contributed by atoms with Crippen molar-refractivity contribution in [3.63, 3.8) is 0 Å². The fourth-order valence-corrected chi connectivity index (χ4v) is 3.61. The number of rotatable bonds is 3. The van der Waals surface area contributed by atoms with Gasteiger partial charge in [-0.1, -0.05) is 30.3 Å². The van der Waals surface area contributed by atoms with Crippen molar-refractivity contribution in [1.29, 1.82) is 0 Å². The molecule has 2 heterocycles. The highest BCUT2D eigenvalue weighted by atomic mass is 32.1. The van der Waals surface area contributed by atoms with Crippen molar-refractivity contribution < 1.29 is 4.79 Å². The lowest BCUT2D eigenvalue weighted by molar-refractivity contribution is -0.134. The summed E-state index contributed by atoms with van der Waals surface area (Å²) in [6, 6.07) is 12.5. The van der Waals surface area contributed by atoms with Gasteiger partial charge >= 0.3 is 0 Å². The molecule has 0 spiro atoms. The van der Waals surface area contributed by atoms with Crippen molar-refractivity contribution in [3.8, 4) is 0 Å². The molecule has 4 heteroatoms. The quantitative estimate of drug-likeness (QED) is 0.945. The Hall–Kier alpha value is -1.65. The van der Waals surface area contributed by atoms with E-state index < -0.39 is 0 Å². The Morgan fingerprint density at radius 1 is 1.29 bits per heavy atom. The summed E-state index contributed by atoms with van der Waals surface area (Å²) in [5.74, 6) is 0.172. The molecule has 1 aliphatic rings. The molecule has 0 saturated heterocycles. The van der Waals surface area contributed by atoms with Gasteiger partial charge in [-0.05, 0) is 35.9 Å². The van der Waals surface area contributed by atoms with Gasteiger partial charge in [-0.25, -0.2) is 0 Å². The van der Waals surface area contributed by atoms with Gasteiger partial charge in [-0.2, -0.15) is 0 Å². The summed E-state index contributed by atoms with van der Waals surface area (Å²) in [6.07, 6.45) is 0.774. The summed E-state index contributed by atoms with van der Waals surface area (Å²) in [5, 5.41) is 5.42. The number of fused-ring (bicyclic) bond motifs is 1. The zero-order chi connectivity index (χ0) is 14.8. The third-order valence-electron chi connectivity index (χ3n) is 4.26. The Morgan fingerprint density at radius 2 is 2.05 bits per heavy atom. The maximum Gasteiger partial charge on any atom is 0.240 e. The largest absolute Gasteiger partial charge is 0.337 e. The lowest BCUT2D eigenvalue weighted by Gasteiger charge is -2.31. The average Bonchev–Trinajstić information content (AvgIpc) is 3.06. The van der Waals surface area contributed by atoms with E-state index in [9.17, 15) is 4.79 Å². The van der Waals surface area contributed by atoms with Gasteiger partial charge in [0.05, 0.1) is 12.1 Å². The van der Waals surface area contributed by atoms with Crippen LogP contribution in [0.15, 0.2) is 41.8 Å². The third kappa shape index (κ3) is 2.87. The van der Waals surface area contributed by atoms with Crippen molar-refractivity contribution in [2.24, 2.45) is 0 Å². The van der Waals surface area contributed by atoms with Crippen LogP contribution in [0.4, 0.5) is 0 Å². The zero-order valence-electron chi connectivity index (χ0n) is 12.4. The first kappa shape index (κ1) is 14.3. The molecule has 3 rings (SSSR count). The smallest absolute Gasteiger partial charge is 0.240 e. The van der Waals surface area contributed by atoms with Gasteiger partial charge in [0.15, 0.2) is 0 Å². The molecule has 1 aliphatic heterocycles. The molecule has 0 fully saturated rings. The molecule has 0 aliphatic carbocycles. The van der Waals surface area contributed by atoms with Crippen LogP contribution >= 0.6 is 11.3 Å². The topological polar surface area (TPSA) is 32.3 Å². The zero-order valence-corrected chi connectivity index (χ0v) is 13.2. The molecule has 1 unspecified atom stereocenters. The van der Waals surface area contributed by atoms with Crippen LogP contribution in [-0.2, 0) is 17.8 Å². The molecule has 21 heavy (non-hydrogen) atoms. The van der Waals surface area contributed by atoms with Gasteiger partial charge in [0.2, 0.25) is 5.91 Å². The Bertz CT molecular complexity index is 623. The Labute approximate surface area is 129 Å². The van der Waals surface area contributed by atoms with Gasteiger partial charge in [-0.3, -0.25) is 4.79 Å². The maximum absolute atomic E-state index is 12.7. The third-order valence-corrected chi connectivity index (χ3v) is 5.31. The predicted molar refractivity (Wildman–Crippen MR) is 86.3 cm³/mol. The molecular weight excluding hydrogens is 280 g/mol. The van der Waals surface area contributed by atoms with Gasteiger partial charge in [0.25, 0.3) is 0 Å². The minimum absolute atomic E-state index is 0.118. The first-order valence-corrected chi connectivity index (χ1v) is 8.15. The standard InChI is InChI=1S/C17H20N2OS/c1-12(16-8-5-9-21-16)19(2)17(20)15-10-13-6-3-4-7-14(13)11-18-15/h3-9,12,15,18H,10-11H2,1-2H3/t12?,15-/m0/s1. The molecule has 110 valence electrons. The van der Waals surface area contributed by atoms with Crippen molar-refractivity contribution in [2.75, 3.05) is 7.05 Å². The molecule has 2 aromatic rings. The SMILES string of the molecule is CC(c1cccs1)N(C)C(=O)[C@@H]1Cc2ccccc2CN1. The average molecular weight is 300 g/mol. The number of benzene rings is 1. The molecule has 0 saturated carbocycles. The van der Waals surface area contributed by atoms with E-state index in [0.717, 1.165) is 13.0 Å². The van der Waals surface area contributed by atoms with Crippen molar-refractivity contribution in [1.82, 2.24) is 10.2 Å².